The monoisotopic (exact) mass is 210 g/mol. The summed E-state index contributed by atoms with van der Waals surface area (Å²) in [6, 6.07) is 0.650. The van der Waals surface area contributed by atoms with Crippen LogP contribution in [0, 0.1) is 10.7 Å². The van der Waals surface area contributed by atoms with Gasteiger partial charge in [-0.25, -0.2) is 0 Å². The smallest absolute Gasteiger partial charge is 0.177 e. The van der Waals surface area contributed by atoms with Crippen molar-refractivity contribution in [3.8, 4) is 0 Å². The highest BCUT2D eigenvalue weighted by Gasteiger charge is 2.20. The number of hydrogen-bond donors (Lipinski definition) is 1. The third kappa shape index (κ3) is 1.92. The minimum atomic E-state index is 0.650. The van der Waals surface area contributed by atoms with Gasteiger partial charge in [0.2, 0.25) is 0 Å². The second-order valence-electron chi connectivity index (χ2n) is 4.26. The Balaban J connectivity index is 2.02. The zero-order valence-electron chi connectivity index (χ0n) is 8.70. The molecule has 0 aliphatic heterocycles. The van der Waals surface area contributed by atoms with E-state index in [0.29, 0.717) is 6.04 Å². The molecule has 78 valence electrons. The lowest BCUT2D eigenvalue weighted by Gasteiger charge is -2.28. The first-order valence-electron chi connectivity index (χ1n) is 5.56. The Labute approximate surface area is 90.3 Å². The lowest BCUT2D eigenvalue weighted by molar-refractivity contribution is 0.268. The average Bonchev–Trinajstić information content (AvgIpc) is 2.65. The number of aromatic amines is 1. The van der Waals surface area contributed by atoms with Gasteiger partial charge in [0.25, 0.3) is 0 Å². The van der Waals surface area contributed by atoms with Gasteiger partial charge < -0.3 is 9.55 Å². The summed E-state index contributed by atoms with van der Waals surface area (Å²) in [5, 5.41) is 0. The molecule has 0 amide bonds. The van der Waals surface area contributed by atoms with E-state index in [1.165, 1.54) is 32.1 Å². The molecule has 2 rings (SSSR count). The second kappa shape index (κ2) is 4.30. The zero-order chi connectivity index (χ0) is 9.97. The minimum Gasteiger partial charge on any atom is -0.337 e. The predicted octanol–water partition coefficient (Wildman–Crippen LogP) is 3.69. The fraction of sp³-hybridized carbons (Fsp3) is 0.727. The Morgan fingerprint density at radius 1 is 1.43 bits per heavy atom. The molecule has 1 aliphatic carbocycles. The van der Waals surface area contributed by atoms with Crippen molar-refractivity contribution >= 4 is 12.2 Å². The molecule has 0 saturated heterocycles. The molecule has 3 heteroatoms. The van der Waals surface area contributed by atoms with Crippen LogP contribution >= 0.6 is 12.2 Å². The number of nitrogens with one attached hydrogen (secondary N) is 1. The summed E-state index contributed by atoms with van der Waals surface area (Å²) in [6.07, 6.45) is 10.7. The highest BCUT2D eigenvalue weighted by Crippen LogP contribution is 2.33. The van der Waals surface area contributed by atoms with Crippen molar-refractivity contribution in [2.45, 2.75) is 45.1 Å². The van der Waals surface area contributed by atoms with Gasteiger partial charge in [0.1, 0.15) is 0 Å². The zero-order valence-corrected chi connectivity index (χ0v) is 9.52. The molecular formula is C11H18N2S. The molecule has 1 aromatic rings. The first-order valence-corrected chi connectivity index (χ1v) is 5.97. The lowest BCUT2D eigenvalue weighted by Crippen LogP contribution is -2.17. The number of aromatic nitrogens is 2. The summed E-state index contributed by atoms with van der Waals surface area (Å²) >= 11 is 5.23. The van der Waals surface area contributed by atoms with Gasteiger partial charge in [-0.15, -0.1) is 0 Å². The highest BCUT2D eigenvalue weighted by atomic mass is 32.1. The molecule has 0 unspecified atom stereocenters. The first kappa shape index (κ1) is 9.97. The maximum atomic E-state index is 5.23. The maximum Gasteiger partial charge on any atom is 0.177 e. The Kier molecular flexibility index (Phi) is 3.06. The standard InChI is InChI=1S/C11H18N2S/c1-2-9-3-5-10(6-4-9)13-8-7-12-11(13)14/h7-10H,2-6H2,1H3,(H,12,14). The molecule has 0 atom stereocenters. The second-order valence-corrected chi connectivity index (χ2v) is 4.64. The number of rotatable bonds is 2. The molecule has 1 fully saturated rings. The van der Waals surface area contributed by atoms with Crippen LogP contribution in [0.5, 0.6) is 0 Å². The average molecular weight is 210 g/mol. The Bertz CT molecular complexity index is 331. The van der Waals surface area contributed by atoms with Crippen LogP contribution in [0.2, 0.25) is 0 Å². The van der Waals surface area contributed by atoms with Crippen LogP contribution in [0.25, 0.3) is 0 Å². The van der Waals surface area contributed by atoms with Gasteiger partial charge in [0, 0.05) is 18.4 Å². The number of nitrogens with zero attached hydrogens (tertiary/aromatic N) is 1. The summed E-state index contributed by atoms with van der Waals surface area (Å²) in [5.74, 6) is 0.958. The van der Waals surface area contributed by atoms with E-state index in [9.17, 15) is 0 Å². The van der Waals surface area contributed by atoms with Crippen molar-refractivity contribution in [2.75, 3.05) is 0 Å². The van der Waals surface area contributed by atoms with E-state index in [1.807, 2.05) is 6.20 Å². The molecule has 1 saturated carbocycles. The van der Waals surface area contributed by atoms with Gasteiger partial charge in [-0.1, -0.05) is 13.3 Å². The van der Waals surface area contributed by atoms with Gasteiger partial charge in [-0.05, 0) is 43.8 Å². The Morgan fingerprint density at radius 3 is 2.64 bits per heavy atom. The van der Waals surface area contributed by atoms with Crippen molar-refractivity contribution in [1.82, 2.24) is 9.55 Å². The lowest BCUT2D eigenvalue weighted by atomic mass is 9.84. The van der Waals surface area contributed by atoms with Gasteiger partial charge in [0.05, 0.1) is 0 Å². The fourth-order valence-corrected chi connectivity index (χ4v) is 2.73. The third-order valence-electron chi connectivity index (χ3n) is 3.46. The van der Waals surface area contributed by atoms with Crippen LogP contribution in [-0.4, -0.2) is 9.55 Å². The van der Waals surface area contributed by atoms with Gasteiger partial charge >= 0.3 is 0 Å². The normalized spacial score (nSPS) is 27.8. The molecule has 14 heavy (non-hydrogen) atoms. The van der Waals surface area contributed by atoms with Crippen LogP contribution in [0.4, 0.5) is 0 Å². The SMILES string of the molecule is CCC1CCC(n2cc[nH]c2=S)CC1. The molecule has 0 spiro atoms. The van der Waals surface area contributed by atoms with Crippen LogP contribution in [-0.2, 0) is 0 Å². The van der Waals surface area contributed by atoms with Gasteiger partial charge in [-0.2, -0.15) is 0 Å². The van der Waals surface area contributed by atoms with Gasteiger partial charge in [-0.3, -0.25) is 0 Å². The van der Waals surface area contributed by atoms with Crippen molar-refractivity contribution in [2.24, 2.45) is 5.92 Å². The summed E-state index contributed by atoms with van der Waals surface area (Å²) in [6.45, 7) is 2.30. The van der Waals surface area contributed by atoms with Crippen molar-refractivity contribution in [1.29, 1.82) is 0 Å². The van der Waals surface area contributed by atoms with Crippen molar-refractivity contribution in [3.05, 3.63) is 17.2 Å². The van der Waals surface area contributed by atoms with E-state index in [4.69, 9.17) is 12.2 Å². The van der Waals surface area contributed by atoms with Gasteiger partial charge in [0.15, 0.2) is 4.77 Å². The minimum absolute atomic E-state index is 0.650. The van der Waals surface area contributed by atoms with Crippen LogP contribution in [0.1, 0.15) is 45.1 Å². The molecule has 0 radical (unpaired) electrons. The van der Waals surface area contributed by atoms with Crippen molar-refractivity contribution < 1.29 is 0 Å². The molecule has 2 nitrogen and oxygen atoms in total. The molecular weight excluding hydrogens is 192 g/mol. The van der Waals surface area contributed by atoms with E-state index in [-0.39, 0.29) is 0 Å². The van der Waals surface area contributed by atoms with Crippen molar-refractivity contribution in [3.63, 3.8) is 0 Å². The summed E-state index contributed by atoms with van der Waals surface area (Å²) in [7, 11) is 0. The fourth-order valence-electron chi connectivity index (χ4n) is 2.45. The number of H-pyrrole nitrogens is 1. The molecule has 1 N–H and O–H groups in total. The Morgan fingerprint density at radius 2 is 2.14 bits per heavy atom. The summed E-state index contributed by atoms with van der Waals surface area (Å²) < 4.78 is 3.10. The van der Waals surface area contributed by atoms with Crippen LogP contribution in [0.15, 0.2) is 12.4 Å². The number of hydrogen-bond acceptors (Lipinski definition) is 1. The molecule has 1 aliphatic rings. The summed E-state index contributed by atoms with van der Waals surface area (Å²) in [4.78, 5) is 3.07. The largest absolute Gasteiger partial charge is 0.337 e. The Hall–Kier alpha value is -0.570. The molecule has 0 bridgehead atoms. The predicted molar refractivity (Wildman–Crippen MR) is 60.9 cm³/mol. The van der Waals surface area contributed by atoms with E-state index in [0.717, 1.165) is 10.7 Å². The number of imidazole rings is 1. The summed E-state index contributed by atoms with van der Waals surface area (Å²) in [5.41, 5.74) is 0. The quantitative estimate of drug-likeness (QED) is 0.738. The first-order chi connectivity index (χ1) is 6.81. The van der Waals surface area contributed by atoms with E-state index in [1.54, 1.807) is 0 Å². The third-order valence-corrected chi connectivity index (χ3v) is 3.79. The van der Waals surface area contributed by atoms with E-state index in [2.05, 4.69) is 22.7 Å². The maximum absolute atomic E-state index is 5.23. The highest BCUT2D eigenvalue weighted by molar-refractivity contribution is 7.71. The van der Waals surface area contributed by atoms with E-state index < -0.39 is 0 Å². The van der Waals surface area contributed by atoms with Crippen LogP contribution < -0.4 is 0 Å². The van der Waals surface area contributed by atoms with E-state index >= 15 is 0 Å². The molecule has 0 aromatic carbocycles. The molecule has 1 heterocycles. The van der Waals surface area contributed by atoms with Crippen LogP contribution in [0.3, 0.4) is 0 Å². The molecule has 1 aromatic heterocycles. The topological polar surface area (TPSA) is 20.7 Å².